The van der Waals surface area contributed by atoms with Crippen molar-refractivity contribution >= 4 is 22.7 Å². The summed E-state index contributed by atoms with van der Waals surface area (Å²) < 4.78 is 5.19. The summed E-state index contributed by atoms with van der Waals surface area (Å²) in [7, 11) is 1.62. The van der Waals surface area contributed by atoms with Crippen LogP contribution >= 0.6 is 0 Å². The first-order valence-corrected chi connectivity index (χ1v) is 10.9. The summed E-state index contributed by atoms with van der Waals surface area (Å²) in [6, 6.07) is 16.8. The number of piperazine rings is 2. The first-order valence-electron chi connectivity index (χ1n) is 10.9. The maximum absolute atomic E-state index is 13.1. The quantitative estimate of drug-likeness (QED) is 0.670. The number of aromatic nitrogens is 1. The molecule has 164 valence electrons. The Balaban J connectivity index is 1.27. The van der Waals surface area contributed by atoms with E-state index in [2.05, 4.69) is 33.4 Å². The van der Waals surface area contributed by atoms with Crippen molar-refractivity contribution in [3.05, 3.63) is 71.9 Å². The molecule has 1 aromatic heterocycles. The van der Waals surface area contributed by atoms with Crippen LogP contribution < -0.4 is 10.1 Å². The molecule has 2 amide bonds. The molecule has 2 aliphatic rings. The molecule has 0 radical (unpaired) electrons. The van der Waals surface area contributed by atoms with Gasteiger partial charge in [0, 0.05) is 44.2 Å². The predicted octanol–water partition coefficient (Wildman–Crippen LogP) is 2.00. The summed E-state index contributed by atoms with van der Waals surface area (Å²) >= 11 is 0. The first kappa shape index (κ1) is 20.5. The van der Waals surface area contributed by atoms with Crippen LogP contribution in [-0.2, 0) is 22.6 Å². The number of carbonyl (C=O) groups is 2. The molecule has 0 saturated carbocycles. The van der Waals surface area contributed by atoms with Gasteiger partial charge in [-0.2, -0.15) is 0 Å². The molecule has 0 bridgehead atoms. The second-order valence-electron chi connectivity index (χ2n) is 8.39. The molecule has 2 saturated heterocycles. The largest absolute Gasteiger partial charge is 0.497 e. The summed E-state index contributed by atoms with van der Waals surface area (Å²) in [5, 5.41) is 4.06. The Morgan fingerprint density at radius 3 is 2.69 bits per heavy atom. The Morgan fingerprint density at radius 1 is 1.06 bits per heavy atom. The molecule has 1 N–H and O–H groups in total. The molecule has 7 nitrogen and oxygen atoms in total. The van der Waals surface area contributed by atoms with Crippen LogP contribution in [0.1, 0.15) is 11.1 Å². The van der Waals surface area contributed by atoms with Crippen molar-refractivity contribution in [1.29, 1.82) is 0 Å². The molecule has 0 spiro atoms. The number of nitrogens with one attached hydrogen (secondary N) is 1. The maximum atomic E-state index is 13.1. The molecule has 2 fully saturated rings. The van der Waals surface area contributed by atoms with E-state index in [1.54, 1.807) is 18.2 Å². The summed E-state index contributed by atoms with van der Waals surface area (Å²) in [5.74, 6) is 0.686. The van der Waals surface area contributed by atoms with Crippen LogP contribution in [0.3, 0.4) is 0 Å². The number of methoxy groups -OCH3 is 1. The molecule has 0 unspecified atom stereocenters. The lowest BCUT2D eigenvalue weighted by Crippen LogP contribution is -2.69. The average Bonchev–Trinajstić information content (AvgIpc) is 2.83. The third-order valence-corrected chi connectivity index (χ3v) is 6.37. The van der Waals surface area contributed by atoms with E-state index in [0.717, 1.165) is 34.3 Å². The number of para-hydroxylation sites is 1. The van der Waals surface area contributed by atoms with Gasteiger partial charge in [-0.1, -0.05) is 36.4 Å². The van der Waals surface area contributed by atoms with Gasteiger partial charge in [0.25, 0.3) is 0 Å². The van der Waals surface area contributed by atoms with Gasteiger partial charge < -0.3 is 15.0 Å². The zero-order valence-corrected chi connectivity index (χ0v) is 18.0. The number of carbonyl (C=O) groups excluding carboxylic acids is 2. The molecule has 3 heterocycles. The van der Waals surface area contributed by atoms with E-state index in [0.29, 0.717) is 26.1 Å². The van der Waals surface area contributed by atoms with Gasteiger partial charge in [-0.3, -0.25) is 19.5 Å². The average molecular weight is 431 g/mol. The van der Waals surface area contributed by atoms with Crippen LogP contribution in [-0.4, -0.2) is 65.4 Å². The van der Waals surface area contributed by atoms with Gasteiger partial charge in [0.15, 0.2) is 0 Å². The molecule has 2 atom stereocenters. The van der Waals surface area contributed by atoms with Gasteiger partial charge in [-0.15, -0.1) is 0 Å². The SMILES string of the molecule is COc1ccc(C[C@@H]2NC(=O)[C@H]3CN(Cc4cccc5cccnc45)CCN3C2=O)cc1. The number of amides is 2. The number of rotatable bonds is 5. The Bertz CT molecular complexity index is 1140. The highest BCUT2D eigenvalue weighted by molar-refractivity contribution is 5.97. The molecule has 0 aliphatic carbocycles. The number of pyridine rings is 1. The Kier molecular flexibility index (Phi) is 5.49. The monoisotopic (exact) mass is 430 g/mol. The minimum absolute atomic E-state index is 0.00287. The fraction of sp³-hybridized carbons (Fsp3) is 0.320. The second-order valence-corrected chi connectivity index (χ2v) is 8.39. The topological polar surface area (TPSA) is 74.8 Å². The lowest BCUT2D eigenvalue weighted by Gasteiger charge is -2.45. The van der Waals surface area contributed by atoms with E-state index in [1.807, 2.05) is 36.4 Å². The van der Waals surface area contributed by atoms with E-state index in [4.69, 9.17) is 4.74 Å². The second kappa shape index (κ2) is 8.59. The first-order chi connectivity index (χ1) is 15.6. The number of fused-ring (bicyclic) bond motifs is 2. The van der Waals surface area contributed by atoms with Crippen LogP contribution in [0.4, 0.5) is 0 Å². The highest BCUT2D eigenvalue weighted by atomic mass is 16.5. The highest BCUT2D eigenvalue weighted by Gasteiger charge is 2.43. The third-order valence-electron chi connectivity index (χ3n) is 6.37. The fourth-order valence-electron chi connectivity index (χ4n) is 4.67. The van der Waals surface area contributed by atoms with E-state index >= 15 is 0 Å². The zero-order chi connectivity index (χ0) is 22.1. The van der Waals surface area contributed by atoms with Crippen molar-refractivity contribution in [1.82, 2.24) is 20.1 Å². The number of ether oxygens (including phenoxy) is 1. The number of nitrogens with zero attached hydrogens (tertiary/aromatic N) is 3. The Labute approximate surface area is 187 Å². The Hall–Kier alpha value is -3.45. The van der Waals surface area contributed by atoms with Crippen molar-refractivity contribution in [3.8, 4) is 5.75 Å². The van der Waals surface area contributed by atoms with Crippen LogP contribution in [0.15, 0.2) is 60.8 Å². The minimum Gasteiger partial charge on any atom is -0.497 e. The Morgan fingerprint density at radius 2 is 1.88 bits per heavy atom. The fourth-order valence-corrected chi connectivity index (χ4v) is 4.67. The number of hydrogen-bond donors (Lipinski definition) is 1. The van der Waals surface area contributed by atoms with Crippen molar-refractivity contribution in [3.63, 3.8) is 0 Å². The van der Waals surface area contributed by atoms with E-state index in [1.165, 1.54) is 0 Å². The molecule has 5 rings (SSSR count). The van der Waals surface area contributed by atoms with E-state index < -0.39 is 12.1 Å². The van der Waals surface area contributed by atoms with Gasteiger partial charge in [-0.25, -0.2) is 0 Å². The van der Waals surface area contributed by atoms with Crippen LogP contribution in [0.25, 0.3) is 10.9 Å². The molecule has 7 heteroatoms. The minimum atomic E-state index is -0.527. The predicted molar refractivity (Wildman–Crippen MR) is 121 cm³/mol. The van der Waals surface area contributed by atoms with E-state index in [-0.39, 0.29) is 11.8 Å². The van der Waals surface area contributed by atoms with E-state index in [9.17, 15) is 9.59 Å². The standard InChI is InChI=1S/C25H26N4O3/c1-32-20-9-7-17(8-10-20)14-21-25(31)29-13-12-28(16-22(29)24(30)27-21)15-19-5-2-4-18-6-3-11-26-23(18)19/h2-11,21-22H,12-16H2,1H3,(H,27,30)/t21-,22+/m0/s1. The third kappa shape index (κ3) is 3.91. The van der Waals surface area contributed by atoms with Crippen LogP contribution in [0.2, 0.25) is 0 Å². The lowest BCUT2D eigenvalue weighted by molar-refractivity contribution is -0.153. The summed E-state index contributed by atoms with van der Waals surface area (Å²) in [6.45, 7) is 2.51. The lowest BCUT2D eigenvalue weighted by atomic mass is 9.98. The van der Waals surface area contributed by atoms with Gasteiger partial charge in [0.1, 0.15) is 17.8 Å². The van der Waals surface area contributed by atoms with Gasteiger partial charge in [-0.05, 0) is 29.3 Å². The zero-order valence-electron chi connectivity index (χ0n) is 18.0. The van der Waals surface area contributed by atoms with Gasteiger partial charge in [0.05, 0.1) is 12.6 Å². The molecule has 2 aromatic carbocycles. The van der Waals surface area contributed by atoms with Gasteiger partial charge >= 0.3 is 0 Å². The van der Waals surface area contributed by atoms with Crippen molar-refractivity contribution < 1.29 is 14.3 Å². The normalized spacial score (nSPS) is 21.3. The molecular formula is C25H26N4O3. The van der Waals surface area contributed by atoms with Crippen LogP contribution in [0, 0.1) is 0 Å². The van der Waals surface area contributed by atoms with Crippen molar-refractivity contribution in [2.45, 2.75) is 25.0 Å². The summed E-state index contributed by atoms with van der Waals surface area (Å²) in [4.78, 5) is 34.6. The van der Waals surface area contributed by atoms with Gasteiger partial charge in [0.2, 0.25) is 11.8 Å². The highest BCUT2D eigenvalue weighted by Crippen LogP contribution is 2.23. The maximum Gasteiger partial charge on any atom is 0.246 e. The molecule has 3 aromatic rings. The number of hydrogen-bond acceptors (Lipinski definition) is 5. The summed E-state index contributed by atoms with van der Waals surface area (Å²) in [5.41, 5.74) is 3.11. The molecule has 32 heavy (non-hydrogen) atoms. The van der Waals surface area contributed by atoms with Crippen molar-refractivity contribution in [2.75, 3.05) is 26.7 Å². The van der Waals surface area contributed by atoms with Crippen molar-refractivity contribution in [2.24, 2.45) is 0 Å². The summed E-state index contributed by atoms with van der Waals surface area (Å²) in [6.07, 6.45) is 2.28. The molecule has 2 aliphatic heterocycles. The van der Waals surface area contributed by atoms with Crippen LogP contribution in [0.5, 0.6) is 5.75 Å². The molecular weight excluding hydrogens is 404 g/mol. The number of benzene rings is 2. The smallest absolute Gasteiger partial charge is 0.246 e.